The van der Waals surface area contributed by atoms with E-state index in [1.54, 1.807) is 0 Å². The molecular weight excluding hydrogens is 339 g/mol. The van der Waals surface area contributed by atoms with Crippen molar-refractivity contribution in [3.63, 3.8) is 0 Å². The maximum atomic E-state index is 12.7. The summed E-state index contributed by atoms with van der Waals surface area (Å²) in [6, 6.07) is -0.528. The molecule has 0 bridgehead atoms. The first-order chi connectivity index (χ1) is 10.3. The Labute approximate surface area is 133 Å². The number of nitrogens with one attached hydrogen (secondary N) is 2. The number of halogens is 3. The van der Waals surface area contributed by atoms with E-state index in [0.717, 1.165) is 0 Å². The maximum Gasteiger partial charge on any atom is 0.425 e. The number of rotatable bonds is 4. The Morgan fingerprint density at radius 1 is 1.26 bits per heavy atom. The van der Waals surface area contributed by atoms with Gasteiger partial charge in [-0.25, -0.2) is 4.79 Å². The van der Waals surface area contributed by atoms with Gasteiger partial charge in [0.05, 0.1) is 0 Å². The highest BCUT2D eigenvalue weighted by Gasteiger charge is 2.42. The number of piperidine rings is 1. The predicted molar refractivity (Wildman–Crippen MR) is 76.9 cm³/mol. The van der Waals surface area contributed by atoms with Gasteiger partial charge in [0.2, 0.25) is 0 Å². The molecule has 1 fully saturated rings. The minimum Gasteiger partial charge on any atom is -0.443 e. The molecule has 2 N–H and O–H groups in total. The van der Waals surface area contributed by atoms with Gasteiger partial charge in [0.15, 0.2) is 0 Å². The summed E-state index contributed by atoms with van der Waals surface area (Å²) in [7, 11) is -4.67. The fraction of sp³-hybridized carbons (Fsp3) is 0.917. The van der Waals surface area contributed by atoms with E-state index in [1.165, 1.54) is 20.8 Å². The lowest BCUT2D eigenvalue weighted by Gasteiger charge is -2.30. The molecule has 23 heavy (non-hydrogen) atoms. The van der Waals surface area contributed by atoms with Crippen molar-refractivity contribution >= 4 is 16.3 Å². The van der Waals surface area contributed by atoms with E-state index in [1.807, 2.05) is 0 Å². The zero-order chi connectivity index (χ0) is 17.9. The van der Waals surface area contributed by atoms with Crippen LogP contribution < -0.4 is 10.0 Å². The van der Waals surface area contributed by atoms with Crippen LogP contribution in [0.5, 0.6) is 0 Å². The molecule has 0 atom stereocenters. The van der Waals surface area contributed by atoms with E-state index in [2.05, 4.69) is 10.0 Å². The maximum absolute atomic E-state index is 12.7. The van der Waals surface area contributed by atoms with Gasteiger partial charge in [-0.1, -0.05) is 0 Å². The molecule has 1 aliphatic rings. The van der Waals surface area contributed by atoms with Gasteiger partial charge in [-0.2, -0.15) is 30.6 Å². The zero-order valence-electron chi connectivity index (χ0n) is 13.2. The highest BCUT2D eigenvalue weighted by atomic mass is 32.2. The Morgan fingerprint density at radius 2 is 1.78 bits per heavy atom. The van der Waals surface area contributed by atoms with Crippen molar-refractivity contribution in [1.82, 2.24) is 14.3 Å². The molecule has 0 radical (unpaired) electrons. The number of alkyl halides is 3. The minimum atomic E-state index is -4.88. The first-order valence-electron chi connectivity index (χ1n) is 7.11. The fourth-order valence-electron chi connectivity index (χ4n) is 1.94. The van der Waals surface area contributed by atoms with Crippen molar-refractivity contribution < 1.29 is 31.1 Å². The SMILES string of the molecule is CC(C)(C)OC(=O)N(CC(F)(F)F)S(=O)(=O)NC1CCNCC1. The smallest absolute Gasteiger partial charge is 0.425 e. The summed E-state index contributed by atoms with van der Waals surface area (Å²) in [5.41, 5.74) is -1.12. The summed E-state index contributed by atoms with van der Waals surface area (Å²) in [4.78, 5) is 11.9. The first-order valence-corrected chi connectivity index (χ1v) is 8.55. The first kappa shape index (κ1) is 20.0. The molecule has 7 nitrogen and oxygen atoms in total. The van der Waals surface area contributed by atoms with E-state index < -0.39 is 40.7 Å². The van der Waals surface area contributed by atoms with Gasteiger partial charge in [-0.15, -0.1) is 0 Å². The summed E-state index contributed by atoms with van der Waals surface area (Å²) < 4.78 is 69.0. The Kier molecular flexibility index (Phi) is 6.27. The van der Waals surface area contributed by atoms with Gasteiger partial charge in [-0.05, 0) is 46.7 Å². The standard InChI is InChI=1S/C12H22F3N3O4S/c1-11(2,3)22-10(19)18(8-12(13,14)15)23(20,21)17-9-4-6-16-7-5-9/h9,16-17H,4-8H2,1-3H3. The van der Waals surface area contributed by atoms with E-state index in [9.17, 15) is 26.4 Å². The van der Waals surface area contributed by atoms with Crippen LogP contribution in [0.2, 0.25) is 0 Å². The lowest BCUT2D eigenvalue weighted by Crippen LogP contribution is -2.53. The van der Waals surface area contributed by atoms with Gasteiger partial charge in [0, 0.05) is 6.04 Å². The fourth-order valence-corrected chi connectivity index (χ4v) is 3.27. The van der Waals surface area contributed by atoms with Gasteiger partial charge in [0.25, 0.3) is 0 Å². The van der Waals surface area contributed by atoms with E-state index in [-0.39, 0.29) is 4.31 Å². The summed E-state index contributed by atoms with van der Waals surface area (Å²) >= 11 is 0. The third-order valence-electron chi connectivity index (χ3n) is 2.86. The second-order valence-corrected chi connectivity index (χ2v) is 7.88. The van der Waals surface area contributed by atoms with Crippen LogP contribution in [-0.2, 0) is 14.9 Å². The highest BCUT2D eigenvalue weighted by Crippen LogP contribution is 2.21. The molecule has 0 aromatic rings. The molecule has 0 unspecified atom stereocenters. The highest BCUT2D eigenvalue weighted by molar-refractivity contribution is 7.87. The summed E-state index contributed by atoms with van der Waals surface area (Å²) in [5.74, 6) is 0. The molecule has 0 aromatic heterocycles. The molecule has 136 valence electrons. The minimum absolute atomic E-state index is 0.305. The molecule has 0 aliphatic carbocycles. The van der Waals surface area contributed by atoms with Gasteiger partial charge < -0.3 is 10.1 Å². The van der Waals surface area contributed by atoms with Crippen LogP contribution in [0.4, 0.5) is 18.0 Å². The van der Waals surface area contributed by atoms with Crippen LogP contribution in [0.15, 0.2) is 0 Å². The van der Waals surface area contributed by atoms with E-state index in [4.69, 9.17) is 4.74 Å². The normalized spacial score (nSPS) is 17.8. The van der Waals surface area contributed by atoms with Crippen molar-refractivity contribution in [2.75, 3.05) is 19.6 Å². The number of amides is 1. The topological polar surface area (TPSA) is 87.7 Å². The number of hydrogen-bond acceptors (Lipinski definition) is 5. The van der Waals surface area contributed by atoms with E-state index in [0.29, 0.717) is 25.9 Å². The summed E-state index contributed by atoms with van der Waals surface area (Å²) in [5, 5.41) is 3.00. The van der Waals surface area contributed by atoms with Crippen molar-refractivity contribution in [1.29, 1.82) is 0 Å². The molecule has 1 amide bonds. The summed E-state index contributed by atoms with van der Waals surface area (Å²) in [6.45, 7) is 3.44. The molecule has 1 aliphatic heterocycles. The average molecular weight is 361 g/mol. The molecule has 1 rings (SSSR count). The number of carbonyl (C=O) groups is 1. The van der Waals surface area contributed by atoms with E-state index >= 15 is 0 Å². The Hall–Kier alpha value is -1.07. The average Bonchev–Trinajstić information content (AvgIpc) is 2.33. The number of ether oxygens (including phenoxy) is 1. The van der Waals surface area contributed by atoms with Crippen LogP contribution in [0.3, 0.4) is 0 Å². The number of hydrogen-bond donors (Lipinski definition) is 2. The molecule has 1 saturated heterocycles. The second-order valence-electron chi connectivity index (χ2n) is 6.25. The predicted octanol–water partition coefficient (Wildman–Crippen LogP) is 1.37. The quantitative estimate of drug-likeness (QED) is 0.790. The lowest BCUT2D eigenvalue weighted by molar-refractivity contribution is -0.135. The Bertz CT molecular complexity index is 511. The van der Waals surface area contributed by atoms with Crippen LogP contribution in [0.1, 0.15) is 33.6 Å². The third kappa shape index (κ3) is 7.36. The monoisotopic (exact) mass is 361 g/mol. The van der Waals surface area contributed by atoms with Crippen LogP contribution in [-0.4, -0.2) is 56.3 Å². The molecular formula is C12H22F3N3O4S. The van der Waals surface area contributed by atoms with Gasteiger partial charge in [-0.3, -0.25) is 0 Å². The van der Waals surface area contributed by atoms with Crippen LogP contribution in [0.25, 0.3) is 0 Å². The lowest BCUT2D eigenvalue weighted by atomic mass is 10.1. The third-order valence-corrected chi connectivity index (χ3v) is 4.35. The van der Waals surface area contributed by atoms with Crippen LogP contribution >= 0.6 is 0 Å². The van der Waals surface area contributed by atoms with Crippen molar-refractivity contribution in [2.24, 2.45) is 0 Å². The zero-order valence-corrected chi connectivity index (χ0v) is 14.1. The second kappa shape index (κ2) is 7.22. The molecule has 1 heterocycles. The summed E-state index contributed by atoms with van der Waals surface area (Å²) in [6.07, 6.45) is -5.59. The number of carbonyl (C=O) groups excluding carboxylic acids is 1. The number of nitrogens with zero attached hydrogens (tertiary/aromatic N) is 1. The largest absolute Gasteiger partial charge is 0.443 e. The molecule has 0 aromatic carbocycles. The Morgan fingerprint density at radius 3 is 2.22 bits per heavy atom. The van der Waals surface area contributed by atoms with Gasteiger partial charge >= 0.3 is 22.5 Å². The molecule has 0 spiro atoms. The molecule has 0 saturated carbocycles. The molecule has 11 heteroatoms. The van der Waals surface area contributed by atoms with Crippen molar-refractivity contribution in [3.05, 3.63) is 0 Å². The van der Waals surface area contributed by atoms with Gasteiger partial charge in [0.1, 0.15) is 12.1 Å². The van der Waals surface area contributed by atoms with Crippen molar-refractivity contribution in [2.45, 2.75) is 51.4 Å². The van der Waals surface area contributed by atoms with Crippen molar-refractivity contribution in [3.8, 4) is 0 Å². The Balaban J connectivity index is 2.94. The van der Waals surface area contributed by atoms with Crippen LogP contribution in [0, 0.1) is 0 Å².